The minimum absolute atomic E-state index is 0.00302. The Bertz CT molecular complexity index is 1290. The molecule has 1 fully saturated rings. The fourth-order valence-corrected chi connectivity index (χ4v) is 4.70. The summed E-state index contributed by atoms with van der Waals surface area (Å²) in [7, 11) is 1.76. The van der Waals surface area contributed by atoms with Gasteiger partial charge in [-0.1, -0.05) is 12.1 Å². The smallest absolute Gasteiger partial charge is 0.222 e. The van der Waals surface area contributed by atoms with Gasteiger partial charge in [0.05, 0.1) is 23.1 Å². The Morgan fingerprint density at radius 2 is 2.09 bits per heavy atom. The van der Waals surface area contributed by atoms with Crippen LogP contribution in [0.4, 0.5) is 5.69 Å². The minimum Gasteiger partial charge on any atom is -0.386 e. The molecule has 1 aliphatic heterocycles. The van der Waals surface area contributed by atoms with Gasteiger partial charge in [0, 0.05) is 62.1 Å². The SMILES string of the molecule is Cc1cc(N2CC[C@@](O)(CN(C)C(=O)CCc3nc4ccccc4[nH]3)C2)c2cnccc2n1. The summed E-state index contributed by atoms with van der Waals surface area (Å²) in [5, 5.41) is 12.3. The van der Waals surface area contributed by atoms with Gasteiger partial charge in [0.1, 0.15) is 11.4 Å². The average molecular weight is 445 g/mol. The second kappa shape index (κ2) is 8.44. The van der Waals surface area contributed by atoms with E-state index in [-0.39, 0.29) is 5.91 Å². The number of hydrogen-bond acceptors (Lipinski definition) is 6. The van der Waals surface area contributed by atoms with Crippen molar-refractivity contribution in [1.29, 1.82) is 0 Å². The van der Waals surface area contributed by atoms with Gasteiger partial charge >= 0.3 is 0 Å². The fraction of sp³-hybridized carbons (Fsp3) is 0.360. The van der Waals surface area contributed by atoms with E-state index in [9.17, 15) is 9.90 Å². The van der Waals surface area contributed by atoms with Crippen LogP contribution in [0.15, 0.2) is 48.8 Å². The summed E-state index contributed by atoms with van der Waals surface area (Å²) >= 11 is 0. The first-order valence-electron chi connectivity index (χ1n) is 11.3. The summed E-state index contributed by atoms with van der Waals surface area (Å²) < 4.78 is 0. The quantitative estimate of drug-likeness (QED) is 0.475. The fourth-order valence-electron chi connectivity index (χ4n) is 4.70. The molecule has 1 aromatic carbocycles. The minimum atomic E-state index is -0.963. The molecule has 0 saturated carbocycles. The molecule has 2 N–H and O–H groups in total. The lowest BCUT2D eigenvalue weighted by molar-refractivity contribution is -0.132. The number of carbonyl (C=O) groups excluding carboxylic acids is 1. The van der Waals surface area contributed by atoms with Crippen LogP contribution >= 0.6 is 0 Å². The summed E-state index contributed by atoms with van der Waals surface area (Å²) in [5.74, 6) is 0.800. The van der Waals surface area contributed by atoms with Crippen LogP contribution in [-0.4, -0.2) is 68.1 Å². The van der Waals surface area contributed by atoms with Crippen LogP contribution in [0, 0.1) is 6.92 Å². The highest BCUT2D eigenvalue weighted by Gasteiger charge is 2.38. The summed E-state index contributed by atoms with van der Waals surface area (Å²) in [5.41, 5.74) is 3.77. The van der Waals surface area contributed by atoms with Crippen molar-refractivity contribution in [2.75, 3.05) is 31.6 Å². The lowest BCUT2D eigenvalue weighted by Gasteiger charge is -2.29. The zero-order chi connectivity index (χ0) is 23.0. The Balaban J connectivity index is 1.22. The van der Waals surface area contributed by atoms with E-state index in [0.29, 0.717) is 38.9 Å². The Hall–Kier alpha value is -3.52. The molecule has 0 aliphatic carbocycles. The van der Waals surface area contributed by atoms with Gasteiger partial charge < -0.3 is 19.9 Å². The second-order valence-corrected chi connectivity index (χ2v) is 9.02. The predicted molar refractivity (Wildman–Crippen MR) is 128 cm³/mol. The van der Waals surface area contributed by atoms with Gasteiger partial charge in [-0.2, -0.15) is 0 Å². The Morgan fingerprint density at radius 3 is 2.94 bits per heavy atom. The molecule has 4 heterocycles. The zero-order valence-corrected chi connectivity index (χ0v) is 19.0. The van der Waals surface area contributed by atoms with Crippen molar-refractivity contribution in [1.82, 2.24) is 24.8 Å². The van der Waals surface area contributed by atoms with Crippen LogP contribution in [0.2, 0.25) is 0 Å². The highest BCUT2D eigenvalue weighted by atomic mass is 16.3. The summed E-state index contributed by atoms with van der Waals surface area (Å²) in [6.07, 6.45) is 5.04. The molecule has 8 nitrogen and oxygen atoms in total. The predicted octanol–water partition coefficient (Wildman–Crippen LogP) is 2.85. The van der Waals surface area contributed by atoms with Crippen molar-refractivity contribution in [3.8, 4) is 0 Å². The number of nitrogens with zero attached hydrogens (tertiary/aromatic N) is 5. The number of nitrogens with one attached hydrogen (secondary N) is 1. The van der Waals surface area contributed by atoms with Crippen molar-refractivity contribution in [3.63, 3.8) is 0 Å². The van der Waals surface area contributed by atoms with Crippen LogP contribution in [-0.2, 0) is 11.2 Å². The average Bonchev–Trinajstić information content (AvgIpc) is 3.40. The molecule has 33 heavy (non-hydrogen) atoms. The molecule has 1 atom stereocenters. The first kappa shape index (κ1) is 21.3. The van der Waals surface area contributed by atoms with Gasteiger partial charge in [0.25, 0.3) is 0 Å². The summed E-state index contributed by atoms with van der Waals surface area (Å²) in [6, 6.07) is 11.8. The van der Waals surface area contributed by atoms with Gasteiger partial charge in [0.2, 0.25) is 5.91 Å². The molecule has 1 amide bonds. The number of benzene rings is 1. The van der Waals surface area contributed by atoms with Gasteiger partial charge in [0.15, 0.2) is 0 Å². The maximum atomic E-state index is 12.8. The topological polar surface area (TPSA) is 98.2 Å². The highest BCUT2D eigenvalue weighted by Crippen LogP contribution is 2.32. The number of aromatic amines is 1. The van der Waals surface area contributed by atoms with Crippen molar-refractivity contribution in [3.05, 3.63) is 60.3 Å². The number of aryl methyl sites for hydroxylation is 2. The molecule has 3 aromatic heterocycles. The van der Waals surface area contributed by atoms with Crippen molar-refractivity contribution >= 4 is 33.5 Å². The van der Waals surface area contributed by atoms with Gasteiger partial charge in [-0.05, 0) is 37.6 Å². The molecular formula is C25H28N6O2. The molecule has 0 radical (unpaired) electrons. The number of likely N-dealkylation sites (N-methyl/N-ethyl adjacent to an activating group) is 1. The Kier molecular flexibility index (Phi) is 5.46. The molecule has 5 rings (SSSR count). The van der Waals surface area contributed by atoms with E-state index in [1.807, 2.05) is 49.5 Å². The number of pyridine rings is 2. The van der Waals surface area contributed by atoms with E-state index in [2.05, 4.69) is 24.8 Å². The lowest BCUT2D eigenvalue weighted by Crippen LogP contribution is -2.46. The Morgan fingerprint density at radius 1 is 1.24 bits per heavy atom. The number of imidazole rings is 1. The normalized spacial score (nSPS) is 18.3. The van der Waals surface area contributed by atoms with E-state index in [4.69, 9.17) is 0 Å². The lowest BCUT2D eigenvalue weighted by atomic mass is 10.0. The standard InChI is InChI=1S/C25H28N6O2/c1-17-13-22(18-14-26-11-9-19(18)27-17)31-12-10-25(33,16-31)15-30(2)24(32)8-7-23-28-20-5-3-4-6-21(20)29-23/h3-6,9,11,13-14,33H,7-8,10,12,15-16H2,1-2H3,(H,28,29)/t25-/m1/s1. The third-order valence-corrected chi connectivity index (χ3v) is 6.36. The third-order valence-electron chi connectivity index (χ3n) is 6.36. The Labute approximate surface area is 192 Å². The van der Waals surface area contributed by atoms with E-state index >= 15 is 0 Å². The van der Waals surface area contributed by atoms with E-state index in [1.165, 1.54) is 0 Å². The molecule has 0 spiro atoms. The number of β-amino-alcohol motifs (C(OH)–C–C–N with tert-alkyl or cyclic N) is 1. The van der Waals surface area contributed by atoms with Crippen molar-refractivity contribution < 1.29 is 9.90 Å². The molecule has 170 valence electrons. The van der Waals surface area contributed by atoms with Crippen LogP contribution < -0.4 is 4.90 Å². The molecule has 8 heteroatoms. The first-order chi connectivity index (χ1) is 15.9. The van der Waals surface area contributed by atoms with Crippen molar-refractivity contribution in [2.45, 2.75) is 31.8 Å². The van der Waals surface area contributed by atoms with Crippen molar-refractivity contribution in [2.24, 2.45) is 0 Å². The number of hydrogen-bond donors (Lipinski definition) is 2. The number of rotatable bonds is 6. The molecule has 1 aliphatic rings. The van der Waals surface area contributed by atoms with Crippen LogP contribution in [0.3, 0.4) is 0 Å². The highest BCUT2D eigenvalue weighted by molar-refractivity contribution is 5.91. The number of aromatic nitrogens is 4. The van der Waals surface area contributed by atoms with Crippen LogP contribution in [0.1, 0.15) is 24.4 Å². The first-order valence-corrected chi connectivity index (χ1v) is 11.3. The van der Waals surface area contributed by atoms with Crippen LogP contribution in [0.5, 0.6) is 0 Å². The van der Waals surface area contributed by atoms with E-state index in [1.54, 1.807) is 18.1 Å². The number of carbonyl (C=O) groups is 1. The monoisotopic (exact) mass is 444 g/mol. The maximum Gasteiger partial charge on any atom is 0.222 e. The van der Waals surface area contributed by atoms with Gasteiger partial charge in [-0.25, -0.2) is 4.98 Å². The number of fused-ring (bicyclic) bond motifs is 2. The molecule has 1 saturated heterocycles. The van der Waals surface area contributed by atoms with Gasteiger partial charge in [-0.15, -0.1) is 0 Å². The number of H-pyrrole nitrogens is 1. The molecular weight excluding hydrogens is 416 g/mol. The van der Waals surface area contributed by atoms with Gasteiger partial charge in [-0.3, -0.25) is 14.8 Å². The van der Waals surface area contributed by atoms with Crippen LogP contribution in [0.25, 0.3) is 21.9 Å². The molecule has 0 bridgehead atoms. The maximum absolute atomic E-state index is 12.8. The molecule has 0 unspecified atom stereocenters. The van der Waals surface area contributed by atoms with E-state index < -0.39 is 5.60 Å². The zero-order valence-electron chi connectivity index (χ0n) is 19.0. The number of anilines is 1. The molecule has 4 aromatic rings. The largest absolute Gasteiger partial charge is 0.386 e. The summed E-state index contributed by atoms with van der Waals surface area (Å²) in [4.78, 5) is 33.2. The second-order valence-electron chi connectivity index (χ2n) is 9.02. The van der Waals surface area contributed by atoms with E-state index in [0.717, 1.165) is 39.1 Å². The number of amides is 1. The summed E-state index contributed by atoms with van der Waals surface area (Å²) in [6.45, 7) is 3.44. The number of para-hydroxylation sites is 2. The third kappa shape index (κ3) is 4.39. The number of aliphatic hydroxyl groups is 1.